The van der Waals surface area contributed by atoms with E-state index >= 15 is 0 Å². The normalized spacial score (nSPS) is 20.6. The largest absolute Gasteiger partial charge is 0.471 e. The van der Waals surface area contributed by atoms with Gasteiger partial charge in [-0.05, 0) is 25.0 Å². The lowest BCUT2D eigenvalue weighted by Gasteiger charge is -2.27. The highest BCUT2D eigenvalue weighted by atomic mass is 16.5. The van der Waals surface area contributed by atoms with Gasteiger partial charge in [0.15, 0.2) is 0 Å². The molecule has 0 bridgehead atoms. The van der Waals surface area contributed by atoms with Crippen LogP contribution in [0, 0.1) is 0 Å². The maximum atomic E-state index is 12.6. The van der Waals surface area contributed by atoms with Crippen LogP contribution in [-0.4, -0.2) is 51.9 Å². The van der Waals surface area contributed by atoms with Crippen LogP contribution in [0.3, 0.4) is 0 Å². The average Bonchev–Trinajstić information content (AvgIpc) is 2.94. The Morgan fingerprint density at radius 1 is 1.10 bits per heavy atom. The molecule has 1 fully saturated rings. The third-order valence-electron chi connectivity index (χ3n) is 5.51. The molecular weight excluding hydrogens is 376 g/mol. The SMILES string of the molecule is O=C(NCC(=O)N1CCCC2(CC1)Cc1c([nH]c(=O)[nH]c1=O)O2)c1ccccc1. The zero-order chi connectivity index (χ0) is 20.4. The van der Waals surface area contributed by atoms with Crippen molar-refractivity contribution in [1.82, 2.24) is 20.2 Å². The van der Waals surface area contributed by atoms with Crippen LogP contribution in [0.25, 0.3) is 0 Å². The zero-order valence-corrected chi connectivity index (χ0v) is 15.8. The standard InChI is InChI=1S/C20H22N4O5/c25-15(12-21-16(26)13-5-2-1-3-6-13)24-9-4-7-20(8-10-24)11-14-17(27)22-19(28)23-18(14)29-20/h1-3,5-6H,4,7-12H2,(H,21,26)(H2,22,23,27,28). The topological polar surface area (TPSA) is 124 Å². The van der Waals surface area contributed by atoms with E-state index in [9.17, 15) is 19.2 Å². The monoisotopic (exact) mass is 398 g/mol. The molecule has 1 aromatic carbocycles. The molecule has 1 spiro atoms. The van der Waals surface area contributed by atoms with Crippen LogP contribution < -0.4 is 21.3 Å². The number of carbonyl (C=O) groups excluding carboxylic acids is 2. The molecule has 0 radical (unpaired) electrons. The van der Waals surface area contributed by atoms with Gasteiger partial charge in [-0.25, -0.2) is 4.79 Å². The van der Waals surface area contributed by atoms with E-state index in [-0.39, 0.29) is 24.2 Å². The smallest absolute Gasteiger partial charge is 0.328 e. The van der Waals surface area contributed by atoms with E-state index in [1.807, 2.05) is 6.07 Å². The fourth-order valence-electron chi connectivity index (χ4n) is 3.97. The van der Waals surface area contributed by atoms with Gasteiger partial charge in [0, 0.05) is 31.5 Å². The van der Waals surface area contributed by atoms with E-state index in [4.69, 9.17) is 4.74 Å². The van der Waals surface area contributed by atoms with Crippen molar-refractivity contribution in [2.24, 2.45) is 0 Å². The van der Waals surface area contributed by atoms with E-state index in [0.29, 0.717) is 49.9 Å². The Hall–Kier alpha value is -3.36. The maximum Gasteiger partial charge on any atom is 0.328 e. The highest BCUT2D eigenvalue weighted by Crippen LogP contribution is 2.37. The van der Waals surface area contributed by atoms with Crippen LogP contribution in [0.15, 0.2) is 39.9 Å². The van der Waals surface area contributed by atoms with Crippen LogP contribution in [-0.2, 0) is 11.2 Å². The van der Waals surface area contributed by atoms with Crippen LogP contribution >= 0.6 is 0 Å². The first-order valence-corrected chi connectivity index (χ1v) is 9.61. The van der Waals surface area contributed by atoms with E-state index < -0.39 is 16.9 Å². The van der Waals surface area contributed by atoms with Gasteiger partial charge in [-0.15, -0.1) is 0 Å². The van der Waals surface area contributed by atoms with E-state index in [0.717, 1.165) is 0 Å². The number of nitrogens with zero attached hydrogens (tertiary/aromatic N) is 1. The molecule has 2 amide bonds. The molecule has 1 saturated heterocycles. The number of H-pyrrole nitrogens is 2. The Labute approximate surface area is 166 Å². The van der Waals surface area contributed by atoms with Crippen molar-refractivity contribution >= 4 is 11.8 Å². The lowest BCUT2D eigenvalue weighted by molar-refractivity contribution is -0.130. The van der Waals surface area contributed by atoms with E-state index in [1.54, 1.807) is 29.2 Å². The summed E-state index contributed by atoms with van der Waals surface area (Å²) in [5, 5.41) is 2.66. The van der Waals surface area contributed by atoms with Crippen molar-refractivity contribution < 1.29 is 14.3 Å². The molecule has 1 atom stereocenters. The zero-order valence-electron chi connectivity index (χ0n) is 15.8. The number of nitrogens with one attached hydrogen (secondary N) is 3. The molecule has 29 heavy (non-hydrogen) atoms. The first-order valence-electron chi connectivity index (χ1n) is 9.61. The molecular formula is C20H22N4O5. The second-order valence-corrected chi connectivity index (χ2v) is 7.46. The molecule has 9 heteroatoms. The number of carbonyl (C=O) groups is 2. The second-order valence-electron chi connectivity index (χ2n) is 7.46. The number of ether oxygens (including phenoxy) is 1. The van der Waals surface area contributed by atoms with Gasteiger partial charge in [0.1, 0.15) is 5.60 Å². The summed E-state index contributed by atoms with van der Waals surface area (Å²) in [5.74, 6) is -0.218. The Bertz CT molecular complexity index is 1040. The van der Waals surface area contributed by atoms with Crippen LogP contribution in [0.5, 0.6) is 5.88 Å². The number of benzene rings is 1. The summed E-state index contributed by atoms with van der Waals surface area (Å²) in [6.07, 6.45) is 2.32. The van der Waals surface area contributed by atoms with Gasteiger partial charge in [-0.1, -0.05) is 18.2 Å². The number of amides is 2. The highest BCUT2D eigenvalue weighted by molar-refractivity contribution is 5.96. The van der Waals surface area contributed by atoms with Crippen molar-refractivity contribution in [3.05, 3.63) is 62.3 Å². The minimum absolute atomic E-state index is 0.0746. The number of hydrogen-bond acceptors (Lipinski definition) is 5. The van der Waals surface area contributed by atoms with Gasteiger partial charge < -0.3 is 15.0 Å². The lowest BCUT2D eigenvalue weighted by atomic mass is 9.90. The number of hydrogen-bond donors (Lipinski definition) is 3. The fraction of sp³-hybridized carbons (Fsp3) is 0.400. The second kappa shape index (κ2) is 7.57. The number of aromatic nitrogens is 2. The van der Waals surface area contributed by atoms with Crippen molar-refractivity contribution in [1.29, 1.82) is 0 Å². The molecule has 9 nitrogen and oxygen atoms in total. The van der Waals surface area contributed by atoms with Crippen molar-refractivity contribution in [2.75, 3.05) is 19.6 Å². The first-order chi connectivity index (χ1) is 14.0. The number of likely N-dealkylation sites (tertiary alicyclic amines) is 1. The average molecular weight is 398 g/mol. The minimum Gasteiger partial charge on any atom is -0.471 e. The Morgan fingerprint density at radius 2 is 1.90 bits per heavy atom. The molecule has 1 unspecified atom stereocenters. The maximum absolute atomic E-state index is 12.6. The van der Waals surface area contributed by atoms with Gasteiger partial charge in [-0.2, -0.15) is 0 Å². The summed E-state index contributed by atoms with van der Waals surface area (Å²) in [6, 6.07) is 8.74. The molecule has 3 heterocycles. The predicted molar refractivity (Wildman–Crippen MR) is 104 cm³/mol. The Morgan fingerprint density at radius 3 is 2.69 bits per heavy atom. The highest BCUT2D eigenvalue weighted by Gasteiger charge is 2.43. The molecule has 4 rings (SSSR count). The quantitative estimate of drug-likeness (QED) is 0.680. The summed E-state index contributed by atoms with van der Waals surface area (Å²) in [5.41, 5.74) is -0.667. The van der Waals surface area contributed by atoms with Gasteiger partial charge in [0.2, 0.25) is 11.8 Å². The summed E-state index contributed by atoms with van der Waals surface area (Å²) in [6.45, 7) is 0.930. The predicted octanol–water partition coefficient (Wildman–Crippen LogP) is 0.179. The fourth-order valence-corrected chi connectivity index (χ4v) is 3.97. The van der Waals surface area contributed by atoms with Crippen LogP contribution in [0.2, 0.25) is 0 Å². The molecule has 0 saturated carbocycles. The van der Waals surface area contributed by atoms with Gasteiger partial charge in [-0.3, -0.25) is 24.4 Å². The third kappa shape index (κ3) is 3.94. The van der Waals surface area contributed by atoms with Gasteiger partial charge in [0.25, 0.3) is 11.5 Å². The van der Waals surface area contributed by atoms with Gasteiger partial charge in [0.05, 0.1) is 12.1 Å². The van der Waals surface area contributed by atoms with E-state index in [2.05, 4.69) is 15.3 Å². The molecule has 152 valence electrons. The number of rotatable bonds is 3. The molecule has 0 aliphatic carbocycles. The van der Waals surface area contributed by atoms with Crippen molar-refractivity contribution in [3.63, 3.8) is 0 Å². The first kappa shape index (κ1) is 19.0. The van der Waals surface area contributed by atoms with Crippen molar-refractivity contribution in [2.45, 2.75) is 31.3 Å². The Balaban J connectivity index is 1.36. The number of fused-ring (bicyclic) bond motifs is 1. The lowest BCUT2D eigenvalue weighted by Crippen LogP contribution is -2.42. The summed E-state index contributed by atoms with van der Waals surface area (Å²) >= 11 is 0. The van der Waals surface area contributed by atoms with Crippen LogP contribution in [0.1, 0.15) is 35.2 Å². The molecule has 3 N–H and O–H groups in total. The molecule has 1 aromatic heterocycles. The van der Waals surface area contributed by atoms with Crippen molar-refractivity contribution in [3.8, 4) is 5.88 Å². The summed E-state index contributed by atoms with van der Waals surface area (Å²) in [4.78, 5) is 54.7. The summed E-state index contributed by atoms with van der Waals surface area (Å²) in [7, 11) is 0. The minimum atomic E-state index is -0.595. The molecule has 2 aliphatic rings. The third-order valence-corrected chi connectivity index (χ3v) is 5.51. The molecule has 2 aliphatic heterocycles. The Kier molecular flexibility index (Phi) is 4.96. The molecule has 2 aromatic rings. The summed E-state index contributed by atoms with van der Waals surface area (Å²) < 4.78 is 5.98. The van der Waals surface area contributed by atoms with Crippen LogP contribution in [0.4, 0.5) is 0 Å². The van der Waals surface area contributed by atoms with E-state index in [1.165, 1.54) is 0 Å². The van der Waals surface area contributed by atoms with Gasteiger partial charge >= 0.3 is 5.69 Å². The number of aromatic amines is 2.